The van der Waals surface area contributed by atoms with Crippen molar-refractivity contribution in [3.8, 4) is 0 Å². The quantitative estimate of drug-likeness (QED) is 0.684. The first kappa shape index (κ1) is 7.88. The van der Waals surface area contributed by atoms with Crippen LogP contribution in [0.15, 0.2) is 15.9 Å². The number of aromatic nitrogens is 1. The van der Waals surface area contributed by atoms with Crippen molar-refractivity contribution in [3.05, 3.63) is 11.6 Å². The largest absolute Gasteiger partial charge is 0.252 e. The normalized spacial score (nSPS) is 13.9. The van der Waals surface area contributed by atoms with Crippen molar-refractivity contribution in [2.24, 2.45) is 0 Å². The first-order valence-electron chi connectivity index (χ1n) is 3.02. The van der Waals surface area contributed by atoms with E-state index in [2.05, 4.69) is 4.98 Å². The van der Waals surface area contributed by atoms with Gasteiger partial charge in [0.25, 0.3) is 0 Å². The van der Waals surface area contributed by atoms with Gasteiger partial charge >= 0.3 is 0 Å². The van der Waals surface area contributed by atoms with Gasteiger partial charge in [0.05, 0.1) is 10.8 Å². The maximum absolute atomic E-state index is 11.3. The van der Waals surface area contributed by atoms with Crippen LogP contribution in [0.4, 0.5) is 0 Å². The molecule has 1 unspecified atom stereocenters. The van der Waals surface area contributed by atoms with Gasteiger partial charge in [-0.25, -0.2) is 4.98 Å². The van der Waals surface area contributed by atoms with Crippen molar-refractivity contribution in [2.45, 2.75) is 23.4 Å². The number of hydrogen-bond acceptors (Lipinski definition) is 3. The fourth-order valence-corrected chi connectivity index (χ4v) is 2.56. The molecule has 10 heavy (non-hydrogen) atoms. The summed E-state index contributed by atoms with van der Waals surface area (Å²) in [5.41, 5.74) is 0. The molecule has 56 valence electrons. The SMILES string of the molecule is CC(C)S(=O)c1nccs1. The van der Waals surface area contributed by atoms with Crippen LogP contribution in [0.5, 0.6) is 0 Å². The molecule has 0 aromatic carbocycles. The Morgan fingerprint density at radius 3 is 2.80 bits per heavy atom. The lowest BCUT2D eigenvalue weighted by Crippen LogP contribution is -2.04. The summed E-state index contributed by atoms with van der Waals surface area (Å²) in [6.45, 7) is 3.86. The molecule has 2 nitrogen and oxygen atoms in total. The van der Waals surface area contributed by atoms with Crippen LogP contribution in [-0.4, -0.2) is 14.4 Å². The van der Waals surface area contributed by atoms with E-state index in [-0.39, 0.29) is 5.25 Å². The summed E-state index contributed by atoms with van der Waals surface area (Å²) in [4.78, 5) is 3.96. The van der Waals surface area contributed by atoms with Gasteiger partial charge in [-0.2, -0.15) is 0 Å². The monoisotopic (exact) mass is 175 g/mol. The predicted octanol–water partition coefficient (Wildman–Crippen LogP) is 1.66. The molecule has 0 aliphatic carbocycles. The van der Waals surface area contributed by atoms with E-state index in [0.29, 0.717) is 0 Å². The van der Waals surface area contributed by atoms with E-state index in [1.807, 2.05) is 19.2 Å². The molecule has 0 aliphatic heterocycles. The average molecular weight is 175 g/mol. The Balaban J connectivity index is 2.78. The Kier molecular flexibility index (Phi) is 2.56. The molecule has 4 heteroatoms. The molecule has 1 atom stereocenters. The van der Waals surface area contributed by atoms with Gasteiger partial charge in [-0.15, -0.1) is 11.3 Å². The van der Waals surface area contributed by atoms with Gasteiger partial charge in [0, 0.05) is 16.8 Å². The van der Waals surface area contributed by atoms with Gasteiger partial charge in [0.1, 0.15) is 0 Å². The fraction of sp³-hybridized carbons (Fsp3) is 0.500. The summed E-state index contributed by atoms with van der Waals surface area (Å²) in [6, 6.07) is 0. The summed E-state index contributed by atoms with van der Waals surface area (Å²) in [5, 5.41) is 2.02. The van der Waals surface area contributed by atoms with Crippen molar-refractivity contribution >= 4 is 22.1 Å². The lowest BCUT2D eigenvalue weighted by Gasteiger charge is -1.98. The predicted molar refractivity (Wildman–Crippen MR) is 43.7 cm³/mol. The number of nitrogens with zero attached hydrogens (tertiary/aromatic N) is 1. The van der Waals surface area contributed by atoms with E-state index in [1.165, 1.54) is 11.3 Å². The first-order valence-corrected chi connectivity index (χ1v) is 5.11. The molecule has 0 saturated heterocycles. The smallest absolute Gasteiger partial charge is 0.180 e. The van der Waals surface area contributed by atoms with E-state index in [4.69, 9.17) is 0 Å². The Morgan fingerprint density at radius 2 is 2.40 bits per heavy atom. The molecular formula is C6H9NOS2. The summed E-state index contributed by atoms with van der Waals surface area (Å²) in [7, 11) is -0.897. The molecule has 0 aliphatic rings. The number of thiazole rings is 1. The Labute approximate surface area is 66.8 Å². The lowest BCUT2D eigenvalue weighted by atomic mass is 10.6. The molecule has 1 aromatic heterocycles. The Morgan fingerprint density at radius 1 is 1.70 bits per heavy atom. The van der Waals surface area contributed by atoms with Crippen LogP contribution in [0.2, 0.25) is 0 Å². The van der Waals surface area contributed by atoms with Crippen LogP contribution in [0.1, 0.15) is 13.8 Å². The Hall–Kier alpha value is -0.220. The highest BCUT2D eigenvalue weighted by atomic mass is 32.2. The van der Waals surface area contributed by atoms with Gasteiger partial charge in [0.15, 0.2) is 4.34 Å². The van der Waals surface area contributed by atoms with Gasteiger partial charge in [-0.1, -0.05) is 13.8 Å². The van der Waals surface area contributed by atoms with Crippen molar-refractivity contribution in [3.63, 3.8) is 0 Å². The van der Waals surface area contributed by atoms with Gasteiger partial charge < -0.3 is 0 Å². The van der Waals surface area contributed by atoms with Crippen LogP contribution in [0.25, 0.3) is 0 Å². The minimum Gasteiger partial charge on any atom is -0.252 e. The average Bonchev–Trinajstić information content (AvgIpc) is 2.36. The number of rotatable bonds is 2. The highest BCUT2D eigenvalue weighted by Gasteiger charge is 2.09. The summed E-state index contributed by atoms with van der Waals surface area (Å²) in [5.74, 6) is 0. The molecule has 0 saturated carbocycles. The van der Waals surface area contributed by atoms with Crippen LogP contribution in [-0.2, 0) is 10.8 Å². The standard InChI is InChI=1S/C6H9NOS2/c1-5(2)10(8)6-7-3-4-9-6/h3-5H,1-2H3. The lowest BCUT2D eigenvalue weighted by molar-refractivity contribution is 0.676. The zero-order valence-electron chi connectivity index (χ0n) is 5.90. The topological polar surface area (TPSA) is 30.0 Å². The molecule has 1 heterocycles. The number of hydrogen-bond donors (Lipinski definition) is 0. The van der Waals surface area contributed by atoms with Crippen molar-refractivity contribution < 1.29 is 4.21 Å². The summed E-state index contributed by atoms with van der Waals surface area (Å²) >= 11 is 1.45. The molecule has 0 spiro atoms. The maximum Gasteiger partial charge on any atom is 0.180 e. The van der Waals surface area contributed by atoms with Crippen LogP contribution < -0.4 is 0 Å². The molecule has 1 rings (SSSR count). The van der Waals surface area contributed by atoms with Crippen LogP contribution >= 0.6 is 11.3 Å². The van der Waals surface area contributed by atoms with E-state index < -0.39 is 10.8 Å². The molecular weight excluding hydrogens is 166 g/mol. The van der Waals surface area contributed by atoms with Crippen molar-refractivity contribution in [2.75, 3.05) is 0 Å². The molecule has 0 fully saturated rings. The molecule has 0 radical (unpaired) electrons. The first-order chi connectivity index (χ1) is 4.72. The fourth-order valence-electron chi connectivity index (χ4n) is 0.511. The molecule has 0 N–H and O–H groups in total. The zero-order chi connectivity index (χ0) is 7.56. The summed E-state index contributed by atoms with van der Waals surface area (Å²) < 4.78 is 12.0. The van der Waals surface area contributed by atoms with Gasteiger partial charge in [-0.05, 0) is 0 Å². The second kappa shape index (κ2) is 3.25. The van der Waals surface area contributed by atoms with E-state index in [0.717, 1.165) is 4.34 Å². The summed E-state index contributed by atoms with van der Waals surface area (Å²) in [6.07, 6.45) is 1.68. The van der Waals surface area contributed by atoms with Crippen LogP contribution in [0.3, 0.4) is 0 Å². The zero-order valence-corrected chi connectivity index (χ0v) is 7.54. The van der Waals surface area contributed by atoms with E-state index in [1.54, 1.807) is 6.20 Å². The molecule has 0 amide bonds. The van der Waals surface area contributed by atoms with Crippen LogP contribution in [0, 0.1) is 0 Å². The third-order valence-corrected chi connectivity index (χ3v) is 3.66. The molecule has 1 aromatic rings. The second-order valence-corrected chi connectivity index (χ2v) is 5.22. The Bertz CT molecular complexity index is 218. The third-order valence-electron chi connectivity index (χ3n) is 1.01. The highest BCUT2D eigenvalue weighted by Crippen LogP contribution is 2.12. The minimum absolute atomic E-state index is 0.172. The van der Waals surface area contributed by atoms with E-state index >= 15 is 0 Å². The second-order valence-electron chi connectivity index (χ2n) is 2.14. The van der Waals surface area contributed by atoms with Gasteiger partial charge in [0.2, 0.25) is 0 Å². The minimum atomic E-state index is -0.897. The van der Waals surface area contributed by atoms with Crippen molar-refractivity contribution in [1.29, 1.82) is 0 Å². The third kappa shape index (κ3) is 1.64. The highest BCUT2D eigenvalue weighted by molar-refractivity contribution is 7.87. The molecule has 0 bridgehead atoms. The van der Waals surface area contributed by atoms with Crippen molar-refractivity contribution in [1.82, 2.24) is 4.98 Å². The van der Waals surface area contributed by atoms with E-state index in [9.17, 15) is 4.21 Å². The maximum atomic E-state index is 11.3. The van der Waals surface area contributed by atoms with Gasteiger partial charge in [-0.3, -0.25) is 4.21 Å².